The molecule has 0 amide bonds. The van der Waals surface area contributed by atoms with E-state index in [4.69, 9.17) is 16.3 Å². The maximum Gasteiger partial charge on any atom is 0.0462 e. The molecule has 1 saturated heterocycles. The van der Waals surface area contributed by atoms with Crippen LogP contribution in [0.1, 0.15) is 12.8 Å². The van der Waals surface area contributed by atoms with Crippen LogP contribution in [0.5, 0.6) is 0 Å². The normalized spacial score (nSPS) is 31.1. The minimum atomic E-state index is 0.414. The molecule has 0 bridgehead atoms. The zero-order chi connectivity index (χ0) is 8.10. The quantitative estimate of drug-likeness (QED) is 0.502. The molecule has 3 heteroatoms. The smallest absolute Gasteiger partial charge is 0.0462 e. The van der Waals surface area contributed by atoms with E-state index >= 15 is 0 Å². The van der Waals surface area contributed by atoms with Crippen LogP contribution in [-0.4, -0.2) is 30.6 Å². The summed E-state index contributed by atoms with van der Waals surface area (Å²) in [6, 6.07) is 0. The van der Waals surface area contributed by atoms with Gasteiger partial charge in [0, 0.05) is 24.8 Å². The van der Waals surface area contributed by atoms with Crippen LogP contribution in [0.15, 0.2) is 0 Å². The average molecular weight is 195 g/mol. The summed E-state index contributed by atoms with van der Waals surface area (Å²) in [6.45, 7) is 0.880. The molecule has 2 atom stereocenters. The van der Waals surface area contributed by atoms with Gasteiger partial charge in [0.2, 0.25) is 0 Å². The van der Waals surface area contributed by atoms with Crippen LogP contribution in [0.4, 0.5) is 0 Å². The van der Waals surface area contributed by atoms with Crippen molar-refractivity contribution in [2.24, 2.45) is 5.92 Å². The summed E-state index contributed by atoms with van der Waals surface area (Å²) in [4.78, 5) is 0. The van der Waals surface area contributed by atoms with Crippen molar-refractivity contribution < 1.29 is 4.74 Å². The van der Waals surface area contributed by atoms with Crippen molar-refractivity contribution in [2.75, 3.05) is 25.2 Å². The van der Waals surface area contributed by atoms with E-state index in [1.54, 1.807) is 7.11 Å². The largest absolute Gasteiger partial charge is 0.385 e. The highest BCUT2D eigenvalue weighted by molar-refractivity contribution is 7.99. The zero-order valence-corrected chi connectivity index (χ0v) is 8.46. The molecule has 0 N–H and O–H groups in total. The summed E-state index contributed by atoms with van der Waals surface area (Å²) in [6.07, 6.45) is 2.39. The highest BCUT2D eigenvalue weighted by atomic mass is 35.5. The number of methoxy groups -OCH3 is 1. The second-order valence-electron chi connectivity index (χ2n) is 2.95. The molecule has 1 aliphatic heterocycles. The molecule has 0 aromatic carbocycles. The third kappa shape index (κ3) is 3.22. The highest BCUT2D eigenvalue weighted by Crippen LogP contribution is 2.31. The summed E-state index contributed by atoms with van der Waals surface area (Å²) in [5.74, 6) is 3.12. The van der Waals surface area contributed by atoms with Gasteiger partial charge in [-0.2, -0.15) is 11.8 Å². The number of ether oxygens (including phenoxy) is 1. The van der Waals surface area contributed by atoms with Gasteiger partial charge in [-0.05, 0) is 24.5 Å². The maximum atomic E-state index is 6.10. The molecule has 1 heterocycles. The van der Waals surface area contributed by atoms with Crippen LogP contribution in [0, 0.1) is 5.92 Å². The Morgan fingerprint density at radius 1 is 1.55 bits per heavy atom. The molecule has 0 saturated carbocycles. The first kappa shape index (κ1) is 9.69. The maximum absolute atomic E-state index is 6.10. The summed E-state index contributed by atoms with van der Waals surface area (Å²) in [7, 11) is 1.75. The van der Waals surface area contributed by atoms with E-state index in [-0.39, 0.29) is 0 Å². The van der Waals surface area contributed by atoms with Crippen LogP contribution in [0.25, 0.3) is 0 Å². The molecular formula is C8H15ClOS. The van der Waals surface area contributed by atoms with Crippen molar-refractivity contribution in [1.82, 2.24) is 0 Å². The Morgan fingerprint density at radius 2 is 2.36 bits per heavy atom. The van der Waals surface area contributed by atoms with Crippen LogP contribution >= 0.6 is 23.4 Å². The van der Waals surface area contributed by atoms with Crippen molar-refractivity contribution in [3.8, 4) is 0 Å². The van der Waals surface area contributed by atoms with Gasteiger partial charge in [0.25, 0.3) is 0 Å². The van der Waals surface area contributed by atoms with E-state index in [1.165, 1.54) is 12.2 Å². The SMILES string of the molecule is COCCCC1CSCC1Cl. The molecule has 1 fully saturated rings. The molecule has 0 aliphatic carbocycles. The van der Waals surface area contributed by atoms with Gasteiger partial charge in [-0.1, -0.05) is 0 Å². The van der Waals surface area contributed by atoms with E-state index in [2.05, 4.69) is 0 Å². The minimum Gasteiger partial charge on any atom is -0.385 e. The zero-order valence-electron chi connectivity index (χ0n) is 6.88. The predicted octanol–water partition coefficient (Wildman–Crippen LogP) is 2.38. The Morgan fingerprint density at radius 3 is 2.91 bits per heavy atom. The monoisotopic (exact) mass is 194 g/mol. The minimum absolute atomic E-state index is 0.414. The Labute approximate surface area is 77.8 Å². The number of hydrogen-bond donors (Lipinski definition) is 0. The van der Waals surface area contributed by atoms with E-state index in [0.717, 1.165) is 24.7 Å². The lowest BCUT2D eigenvalue weighted by molar-refractivity contribution is 0.188. The first-order valence-electron chi connectivity index (χ1n) is 4.05. The molecule has 1 nitrogen and oxygen atoms in total. The van der Waals surface area contributed by atoms with Gasteiger partial charge < -0.3 is 4.74 Å². The number of hydrogen-bond acceptors (Lipinski definition) is 2. The predicted molar refractivity (Wildman–Crippen MR) is 51.6 cm³/mol. The summed E-state index contributed by atoms with van der Waals surface area (Å²) >= 11 is 8.07. The lowest BCUT2D eigenvalue weighted by Crippen LogP contribution is -2.12. The lowest BCUT2D eigenvalue weighted by Gasteiger charge is -2.11. The van der Waals surface area contributed by atoms with Gasteiger partial charge in [-0.25, -0.2) is 0 Å². The van der Waals surface area contributed by atoms with Gasteiger partial charge in [0.05, 0.1) is 0 Å². The van der Waals surface area contributed by atoms with Gasteiger partial charge in [0.15, 0.2) is 0 Å². The van der Waals surface area contributed by atoms with Crippen molar-refractivity contribution in [2.45, 2.75) is 18.2 Å². The Kier molecular flexibility index (Phi) is 4.65. The summed E-state index contributed by atoms with van der Waals surface area (Å²) < 4.78 is 4.99. The third-order valence-electron chi connectivity index (χ3n) is 2.04. The van der Waals surface area contributed by atoms with E-state index < -0.39 is 0 Å². The molecule has 0 radical (unpaired) electrons. The van der Waals surface area contributed by atoms with E-state index in [1.807, 2.05) is 11.8 Å². The third-order valence-corrected chi connectivity index (χ3v) is 4.00. The topological polar surface area (TPSA) is 9.23 Å². The summed E-state index contributed by atoms with van der Waals surface area (Å²) in [5.41, 5.74) is 0. The fourth-order valence-electron chi connectivity index (χ4n) is 1.33. The number of alkyl halides is 1. The first-order valence-corrected chi connectivity index (χ1v) is 5.64. The lowest BCUT2D eigenvalue weighted by atomic mass is 10.0. The van der Waals surface area contributed by atoms with E-state index in [9.17, 15) is 0 Å². The van der Waals surface area contributed by atoms with Crippen molar-refractivity contribution in [3.05, 3.63) is 0 Å². The standard InChI is InChI=1S/C8H15ClOS/c1-10-4-2-3-7-5-11-6-8(7)9/h7-8H,2-6H2,1H3. The van der Waals surface area contributed by atoms with Crippen LogP contribution < -0.4 is 0 Å². The van der Waals surface area contributed by atoms with Crippen molar-refractivity contribution in [1.29, 1.82) is 0 Å². The number of halogens is 1. The van der Waals surface area contributed by atoms with Crippen LogP contribution in [0.2, 0.25) is 0 Å². The fraction of sp³-hybridized carbons (Fsp3) is 1.00. The number of thioether (sulfide) groups is 1. The Hall–Kier alpha value is 0.600. The van der Waals surface area contributed by atoms with Crippen LogP contribution in [-0.2, 0) is 4.74 Å². The Bertz CT molecular complexity index is 110. The number of rotatable bonds is 4. The molecule has 2 unspecified atom stereocenters. The van der Waals surface area contributed by atoms with Gasteiger partial charge in [0.1, 0.15) is 0 Å². The fourth-order valence-corrected chi connectivity index (χ4v) is 3.25. The van der Waals surface area contributed by atoms with Crippen molar-refractivity contribution in [3.63, 3.8) is 0 Å². The van der Waals surface area contributed by atoms with Crippen LogP contribution in [0.3, 0.4) is 0 Å². The molecule has 66 valence electrons. The van der Waals surface area contributed by atoms with E-state index in [0.29, 0.717) is 5.38 Å². The first-order chi connectivity index (χ1) is 5.34. The molecular weight excluding hydrogens is 180 g/mol. The molecule has 0 aromatic rings. The molecule has 1 rings (SSSR count). The highest BCUT2D eigenvalue weighted by Gasteiger charge is 2.24. The second-order valence-corrected chi connectivity index (χ2v) is 4.58. The molecule has 1 aliphatic rings. The summed E-state index contributed by atoms with van der Waals surface area (Å²) in [5, 5.41) is 0.414. The molecule has 0 aromatic heterocycles. The Balaban J connectivity index is 2.05. The van der Waals surface area contributed by atoms with Gasteiger partial charge in [-0.3, -0.25) is 0 Å². The molecule has 11 heavy (non-hydrogen) atoms. The van der Waals surface area contributed by atoms with Gasteiger partial charge >= 0.3 is 0 Å². The van der Waals surface area contributed by atoms with Crippen molar-refractivity contribution >= 4 is 23.4 Å². The molecule has 0 spiro atoms. The average Bonchev–Trinajstić information content (AvgIpc) is 2.37. The van der Waals surface area contributed by atoms with Gasteiger partial charge in [-0.15, -0.1) is 11.6 Å². The second kappa shape index (κ2) is 5.28.